The number of hydrogen-bond donors (Lipinski definition) is 1. The number of carbonyl (C=O) groups excluding carboxylic acids is 1. The first-order chi connectivity index (χ1) is 7.86. The molecule has 0 heterocycles. The number of ketones is 1. The predicted octanol–water partition coefficient (Wildman–Crippen LogP) is 0.734. The van der Waals surface area contributed by atoms with Gasteiger partial charge in [0.05, 0.1) is 23.1 Å². The van der Waals surface area contributed by atoms with Crippen molar-refractivity contribution >= 4 is 15.8 Å². The van der Waals surface area contributed by atoms with Crippen molar-refractivity contribution < 1.29 is 13.2 Å². The number of rotatable bonds is 4. The zero-order chi connectivity index (χ0) is 13.1. The molecule has 90 valence electrons. The van der Waals surface area contributed by atoms with Crippen molar-refractivity contribution in [3.8, 4) is 6.07 Å². The van der Waals surface area contributed by atoms with E-state index >= 15 is 0 Å². The van der Waals surface area contributed by atoms with E-state index in [-0.39, 0.29) is 17.2 Å². The van der Waals surface area contributed by atoms with Crippen molar-refractivity contribution in [3.05, 3.63) is 29.3 Å². The summed E-state index contributed by atoms with van der Waals surface area (Å²) in [6.07, 6.45) is 0. The second-order valence-electron chi connectivity index (χ2n) is 3.62. The van der Waals surface area contributed by atoms with Gasteiger partial charge in [-0.05, 0) is 37.6 Å². The van der Waals surface area contributed by atoms with E-state index in [1.54, 1.807) is 6.92 Å². The molecule has 17 heavy (non-hydrogen) atoms. The van der Waals surface area contributed by atoms with Gasteiger partial charge < -0.3 is 0 Å². The van der Waals surface area contributed by atoms with Crippen LogP contribution in [0.4, 0.5) is 0 Å². The minimum absolute atomic E-state index is 0.0813. The third-order valence-corrected chi connectivity index (χ3v) is 3.67. The van der Waals surface area contributed by atoms with Gasteiger partial charge in [-0.25, -0.2) is 13.1 Å². The molecule has 1 aromatic rings. The molecule has 0 radical (unpaired) electrons. The van der Waals surface area contributed by atoms with Gasteiger partial charge in [0, 0.05) is 0 Å². The Kier molecular flexibility index (Phi) is 3.99. The van der Waals surface area contributed by atoms with E-state index in [2.05, 4.69) is 4.72 Å². The second-order valence-corrected chi connectivity index (χ2v) is 5.35. The van der Waals surface area contributed by atoms with Crippen molar-refractivity contribution in [2.45, 2.75) is 18.7 Å². The van der Waals surface area contributed by atoms with E-state index < -0.39 is 10.0 Å². The maximum Gasteiger partial charge on any atom is 0.241 e. The van der Waals surface area contributed by atoms with Crippen LogP contribution in [0.15, 0.2) is 23.1 Å². The minimum Gasteiger partial charge on any atom is -0.299 e. The Bertz CT molecular complexity index is 585. The van der Waals surface area contributed by atoms with Crippen LogP contribution in [-0.4, -0.2) is 20.7 Å². The van der Waals surface area contributed by atoms with Crippen LogP contribution >= 0.6 is 0 Å². The molecule has 1 N–H and O–H groups in total. The van der Waals surface area contributed by atoms with E-state index in [4.69, 9.17) is 5.26 Å². The largest absolute Gasteiger partial charge is 0.299 e. The lowest BCUT2D eigenvalue weighted by Gasteiger charge is -2.08. The number of sulfonamides is 1. The van der Waals surface area contributed by atoms with Crippen LogP contribution in [0.25, 0.3) is 0 Å². The lowest BCUT2D eigenvalue weighted by atomic mass is 10.2. The van der Waals surface area contributed by atoms with E-state index in [9.17, 15) is 13.2 Å². The summed E-state index contributed by atoms with van der Waals surface area (Å²) in [5, 5.41) is 8.67. The van der Waals surface area contributed by atoms with Crippen molar-refractivity contribution in [2.75, 3.05) is 6.54 Å². The smallest absolute Gasteiger partial charge is 0.241 e. The van der Waals surface area contributed by atoms with E-state index in [1.807, 2.05) is 6.07 Å². The predicted molar refractivity (Wildman–Crippen MR) is 61.8 cm³/mol. The Morgan fingerprint density at radius 2 is 2.12 bits per heavy atom. The third kappa shape index (κ3) is 3.37. The molecule has 0 amide bonds. The fourth-order valence-electron chi connectivity index (χ4n) is 1.29. The fraction of sp³-hybridized carbons (Fsp3) is 0.273. The van der Waals surface area contributed by atoms with Crippen molar-refractivity contribution in [2.24, 2.45) is 0 Å². The van der Waals surface area contributed by atoms with E-state index in [1.165, 1.54) is 25.1 Å². The summed E-state index contributed by atoms with van der Waals surface area (Å²) in [4.78, 5) is 10.8. The molecule has 0 saturated carbocycles. The monoisotopic (exact) mass is 252 g/mol. The Balaban J connectivity index is 3.08. The molecule has 0 aromatic heterocycles. The highest BCUT2D eigenvalue weighted by Crippen LogP contribution is 2.16. The standard InChI is InChI=1S/C11H12N2O3S/c1-8-5-10(6-12)3-4-11(8)17(15,16)13-7-9(2)14/h3-5,13H,7H2,1-2H3. The highest BCUT2D eigenvalue weighted by atomic mass is 32.2. The Hall–Kier alpha value is -1.71. The Labute approximate surface area is 100 Å². The zero-order valence-corrected chi connectivity index (χ0v) is 10.3. The number of benzene rings is 1. The first-order valence-corrected chi connectivity index (χ1v) is 6.35. The molecule has 0 saturated heterocycles. The maximum absolute atomic E-state index is 11.8. The maximum atomic E-state index is 11.8. The molecule has 0 atom stereocenters. The highest BCUT2D eigenvalue weighted by Gasteiger charge is 2.16. The molecule has 0 unspecified atom stereocenters. The molecule has 5 nitrogen and oxygen atoms in total. The van der Waals surface area contributed by atoms with E-state index in [0.717, 1.165) is 0 Å². The normalized spacial score (nSPS) is 10.9. The van der Waals surface area contributed by atoms with Crippen LogP contribution in [0.2, 0.25) is 0 Å². The SMILES string of the molecule is CC(=O)CNS(=O)(=O)c1ccc(C#N)cc1C. The number of nitrogens with zero attached hydrogens (tertiary/aromatic N) is 1. The Morgan fingerprint density at radius 1 is 1.47 bits per heavy atom. The van der Waals surface area contributed by atoms with Crippen molar-refractivity contribution in [1.82, 2.24) is 4.72 Å². The van der Waals surface area contributed by atoms with Gasteiger partial charge in [0.1, 0.15) is 5.78 Å². The quantitative estimate of drug-likeness (QED) is 0.856. The van der Waals surface area contributed by atoms with Gasteiger partial charge in [-0.15, -0.1) is 0 Å². The van der Waals surface area contributed by atoms with Gasteiger partial charge in [-0.1, -0.05) is 0 Å². The minimum atomic E-state index is -3.69. The summed E-state index contributed by atoms with van der Waals surface area (Å²) in [7, 11) is -3.69. The first-order valence-electron chi connectivity index (χ1n) is 4.86. The molecule has 0 fully saturated rings. The van der Waals surface area contributed by atoms with Gasteiger partial charge in [0.25, 0.3) is 0 Å². The van der Waals surface area contributed by atoms with Crippen LogP contribution in [-0.2, 0) is 14.8 Å². The molecule has 1 rings (SSSR count). The van der Waals surface area contributed by atoms with Gasteiger partial charge in [-0.3, -0.25) is 4.79 Å². The van der Waals surface area contributed by atoms with Crippen LogP contribution < -0.4 is 4.72 Å². The first kappa shape index (κ1) is 13.4. The van der Waals surface area contributed by atoms with Crippen LogP contribution in [0.3, 0.4) is 0 Å². The molecule has 1 aromatic carbocycles. The summed E-state index contributed by atoms with van der Waals surface area (Å²) in [5.41, 5.74) is 0.869. The summed E-state index contributed by atoms with van der Waals surface area (Å²) in [6.45, 7) is 2.67. The molecule has 0 bridgehead atoms. The molecular formula is C11H12N2O3S. The van der Waals surface area contributed by atoms with Gasteiger partial charge in [0.15, 0.2) is 0 Å². The average molecular weight is 252 g/mol. The van der Waals surface area contributed by atoms with Gasteiger partial charge >= 0.3 is 0 Å². The molecule has 0 aliphatic heterocycles. The third-order valence-electron chi connectivity index (χ3n) is 2.10. The number of nitrogens with one attached hydrogen (secondary N) is 1. The van der Waals surface area contributed by atoms with E-state index in [0.29, 0.717) is 11.1 Å². The second kappa shape index (κ2) is 5.08. The summed E-state index contributed by atoms with van der Waals surface area (Å²) in [5.74, 6) is -0.264. The number of Topliss-reactive ketones (excluding diaryl/α,β-unsaturated/α-hetero) is 1. The molecule has 0 aliphatic rings. The number of hydrogen-bond acceptors (Lipinski definition) is 4. The number of carbonyl (C=O) groups is 1. The summed E-state index contributed by atoms with van der Waals surface area (Å²) >= 11 is 0. The summed E-state index contributed by atoms with van der Waals surface area (Å²) in [6, 6.07) is 6.20. The van der Waals surface area contributed by atoms with Crippen LogP contribution in [0.1, 0.15) is 18.1 Å². The molecule has 6 heteroatoms. The van der Waals surface area contributed by atoms with Crippen molar-refractivity contribution in [1.29, 1.82) is 5.26 Å². The molecule has 0 aliphatic carbocycles. The van der Waals surface area contributed by atoms with Gasteiger partial charge in [-0.2, -0.15) is 5.26 Å². The number of nitriles is 1. The number of aryl methyl sites for hydroxylation is 1. The lowest BCUT2D eigenvalue weighted by molar-refractivity contribution is -0.115. The average Bonchev–Trinajstić information content (AvgIpc) is 2.26. The van der Waals surface area contributed by atoms with Crippen LogP contribution in [0.5, 0.6) is 0 Å². The highest BCUT2D eigenvalue weighted by molar-refractivity contribution is 7.89. The van der Waals surface area contributed by atoms with Gasteiger partial charge in [0.2, 0.25) is 10.0 Å². The lowest BCUT2D eigenvalue weighted by Crippen LogP contribution is -2.28. The van der Waals surface area contributed by atoms with Crippen LogP contribution in [0, 0.1) is 18.3 Å². The Morgan fingerprint density at radius 3 is 2.59 bits per heavy atom. The fourth-order valence-corrected chi connectivity index (χ4v) is 2.57. The molecular weight excluding hydrogens is 240 g/mol. The molecule has 0 spiro atoms. The van der Waals surface area contributed by atoms with Crippen molar-refractivity contribution in [3.63, 3.8) is 0 Å². The summed E-state index contributed by atoms with van der Waals surface area (Å²) < 4.78 is 25.8. The topological polar surface area (TPSA) is 87.0 Å². The zero-order valence-electron chi connectivity index (χ0n) is 9.52.